The van der Waals surface area contributed by atoms with Crippen molar-refractivity contribution in [1.82, 2.24) is 10.3 Å². The van der Waals surface area contributed by atoms with E-state index < -0.39 is 0 Å². The predicted molar refractivity (Wildman–Crippen MR) is 103 cm³/mol. The maximum absolute atomic E-state index is 6.15. The lowest BCUT2D eigenvalue weighted by molar-refractivity contribution is 0.0676. The Hall–Kier alpha value is -2.43. The topological polar surface area (TPSA) is 43.4 Å². The summed E-state index contributed by atoms with van der Waals surface area (Å²) in [6.07, 6.45) is 6.13. The maximum atomic E-state index is 6.15. The zero-order valence-corrected chi connectivity index (χ0v) is 14.9. The Balaban J connectivity index is 1.51. The molecule has 1 saturated heterocycles. The Kier molecular flexibility index (Phi) is 5.43. The van der Waals surface area contributed by atoms with Crippen LogP contribution in [0.5, 0.6) is 5.75 Å². The van der Waals surface area contributed by atoms with Crippen LogP contribution in [0.4, 0.5) is 0 Å². The van der Waals surface area contributed by atoms with Gasteiger partial charge >= 0.3 is 0 Å². The Labute approximate surface area is 154 Å². The standard InChI is InChI=1S/C22H24N2O2/c1-2-8-20-18(6-1)9-10-22(26-16-19-7-4-12-25-19)21(20)15-24-14-17-5-3-11-23-13-17/h1-3,5-6,8-11,13,19,24H,4,7,12,14-16H2. The molecule has 26 heavy (non-hydrogen) atoms. The van der Waals surface area contributed by atoms with E-state index in [1.54, 1.807) is 6.20 Å². The molecule has 1 N–H and O–H groups in total. The second-order valence-electron chi connectivity index (χ2n) is 6.67. The molecule has 1 fully saturated rings. The third-order valence-electron chi connectivity index (χ3n) is 4.80. The van der Waals surface area contributed by atoms with Gasteiger partial charge in [-0.3, -0.25) is 4.98 Å². The van der Waals surface area contributed by atoms with Crippen LogP contribution in [0.25, 0.3) is 10.8 Å². The number of fused-ring (bicyclic) bond motifs is 1. The van der Waals surface area contributed by atoms with Crippen LogP contribution in [0.15, 0.2) is 60.9 Å². The number of rotatable bonds is 7. The van der Waals surface area contributed by atoms with Crippen molar-refractivity contribution in [2.75, 3.05) is 13.2 Å². The summed E-state index contributed by atoms with van der Waals surface area (Å²) in [5.41, 5.74) is 2.37. The quantitative estimate of drug-likeness (QED) is 0.699. The summed E-state index contributed by atoms with van der Waals surface area (Å²) in [6.45, 7) is 3.00. The molecular weight excluding hydrogens is 324 g/mol. The Morgan fingerprint density at radius 1 is 1.08 bits per heavy atom. The van der Waals surface area contributed by atoms with Gasteiger partial charge in [0.25, 0.3) is 0 Å². The molecule has 0 bridgehead atoms. The second kappa shape index (κ2) is 8.30. The summed E-state index contributed by atoms with van der Waals surface area (Å²) in [6, 6.07) is 16.7. The first-order chi connectivity index (χ1) is 12.9. The summed E-state index contributed by atoms with van der Waals surface area (Å²) in [7, 11) is 0. The van der Waals surface area contributed by atoms with E-state index in [9.17, 15) is 0 Å². The van der Waals surface area contributed by atoms with Crippen LogP contribution < -0.4 is 10.1 Å². The van der Waals surface area contributed by atoms with Gasteiger partial charge in [-0.1, -0.05) is 36.4 Å². The molecule has 1 atom stereocenters. The fourth-order valence-electron chi connectivity index (χ4n) is 3.43. The van der Waals surface area contributed by atoms with Crippen LogP contribution in [0.3, 0.4) is 0 Å². The first-order valence-electron chi connectivity index (χ1n) is 9.25. The SMILES string of the molecule is c1cncc(CNCc2c(OCC3CCCO3)ccc3ccccc23)c1. The molecule has 0 saturated carbocycles. The van der Waals surface area contributed by atoms with Gasteiger partial charge in [-0.25, -0.2) is 0 Å². The van der Waals surface area contributed by atoms with Crippen molar-refractivity contribution in [2.24, 2.45) is 0 Å². The smallest absolute Gasteiger partial charge is 0.124 e. The highest BCUT2D eigenvalue weighted by Gasteiger charge is 2.17. The van der Waals surface area contributed by atoms with Crippen molar-refractivity contribution in [3.8, 4) is 5.75 Å². The van der Waals surface area contributed by atoms with Gasteiger partial charge in [0.05, 0.1) is 6.10 Å². The van der Waals surface area contributed by atoms with Crippen LogP contribution >= 0.6 is 0 Å². The van der Waals surface area contributed by atoms with Crippen molar-refractivity contribution in [3.05, 3.63) is 72.1 Å². The summed E-state index contributed by atoms with van der Waals surface area (Å²) in [5, 5.41) is 5.99. The summed E-state index contributed by atoms with van der Waals surface area (Å²) < 4.78 is 11.8. The van der Waals surface area contributed by atoms with Gasteiger partial charge in [-0.05, 0) is 41.3 Å². The maximum Gasteiger partial charge on any atom is 0.124 e. The van der Waals surface area contributed by atoms with E-state index >= 15 is 0 Å². The molecule has 4 rings (SSSR count). The van der Waals surface area contributed by atoms with Crippen molar-refractivity contribution in [1.29, 1.82) is 0 Å². The van der Waals surface area contributed by atoms with Gasteiger partial charge in [0, 0.05) is 37.7 Å². The van der Waals surface area contributed by atoms with Gasteiger partial charge in [-0.2, -0.15) is 0 Å². The molecule has 1 aromatic heterocycles. The monoisotopic (exact) mass is 348 g/mol. The normalized spacial score (nSPS) is 16.8. The van der Waals surface area contributed by atoms with Gasteiger partial charge < -0.3 is 14.8 Å². The zero-order valence-electron chi connectivity index (χ0n) is 14.9. The number of nitrogens with one attached hydrogen (secondary N) is 1. The first kappa shape index (κ1) is 17.0. The summed E-state index contributed by atoms with van der Waals surface area (Å²) in [4.78, 5) is 4.17. The molecular formula is C22H24N2O2. The largest absolute Gasteiger partial charge is 0.491 e. The molecule has 1 aliphatic heterocycles. The minimum absolute atomic E-state index is 0.220. The molecule has 0 aliphatic carbocycles. The van der Waals surface area contributed by atoms with Gasteiger partial charge in [0.15, 0.2) is 0 Å². The number of nitrogens with zero attached hydrogens (tertiary/aromatic N) is 1. The van der Waals surface area contributed by atoms with Crippen molar-refractivity contribution in [3.63, 3.8) is 0 Å². The zero-order chi connectivity index (χ0) is 17.6. The van der Waals surface area contributed by atoms with Crippen LogP contribution in [0.2, 0.25) is 0 Å². The Morgan fingerprint density at radius 3 is 2.88 bits per heavy atom. The molecule has 1 unspecified atom stereocenters. The molecule has 0 amide bonds. The lowest BCUT2D eigenvalue weighted by Crippen LogP contribution is -2.18. The predicted octanol–water partition coefficient (Wildman–Crippen LogP) is 4.08. The molecule has 4 nitrogen and oxygen atoms in total. The highest BCUT2D eigenvalue weighted by atomic mass is 16.5. The molecule has 3 aromatic rings. The number of hydrogen-bond acceptors (Lipinski definition) is 4. The average molecular weight is 348 g/mol. The Morgan fingerprint density at radius 2 is 2.04 bits per heavy atom. The van der Waals surface area contributed by atoms with E-state index in [1.165, 1.54) is 21.9 Å². The number of ether oxygens (including phenoxy) is 2. The molecule has 4 heteroatoms. The van der Waals surface area contributed by atoms with Gasteiger partial charge in [0.1, 0.15) is 12.4 Å². The number of benzene rings is 2. The van der Waals surface area contributed by atoms with E-state index in [0.717, 1.165) is 38.3 Å². The van der Waals surface area contributed by atoms with Crippen molar-refractivity contribution < 1.29 is 9.47 Å². The van der Waals surface area contributed by atoms with Crippen LogP contribution in [0.1, 0.15) is 24.0 Å². The third kappa shape index (κ3) is 4.03. The number of hydrogen-bond donors (Lipinski definition) is 1. The summed E-state index contributed by atoms with van der Waals surface area (Å²) >= 11 is 0. The minimum Gasteiger partial charge on any atom is -0.491 e. The van der Waals surface area contributed by atoms with Gasteiger partial charge in [0.2, 0.25) is 0 Å². The minimum atomic E-state index is 0.220. The average Bonchev–Trinajstić information content (AvgIpc) is 3.21. The second-order valence-corrected chi connectivity index (χ2v) is 6.67. The molecule has 134 valence electrons. The van der Waals surface area contributed by atoms with Gasteiger partial charge in [-0.15, -0.1) is 0 Å². The number of aromatic nitrogens is 1. The summed E-state index contributed by atoms with van der Waals surface area (Å²) in [5.74, 6) is 0.942. The van der Waals surface area contributed by atoms with E-state index in [-0.39, 0.29) is 6.10 Å². The molecule has 0 spiro atoms. The van der Waals surface area contributed by atoms with E-state index in [1.807, 2.05) is 12.3 Å². The van der Waals surface area contributed by atoms with Crippen LogP contribution in [-0.2, 0) is 17.8 Å². The highest BCUT2D eigenvalue weighted by molar-refractivity contribution is 5.87. The van der Waals surface area contributed by atoms with Crippen LogP contribution in [-0.4, -0.2) is 24.3 Å². The van der Waals surface area contributed by atoms with E-state index in [0.29, 0.717) is 6.61 Å². The third-order valence-corrected chi connectivity index (χ3v) is 4.80. The Bertz CT molecular complexity index is 845. The van der Waals surface area contributed by atoms with Crippen molar-refractivity contribution in [2.45, 2.75) is 32.0 Å². The van der Waals surface area contributed by atoms with E-state index in [4.69, 9.17) is 9.47 Å². The molecule has 2 heterocycles. The number of pyridine rings is 1. The van der Waals surface area contributed by atoms with E-state index in [2.05, 4.69) is 52.8 Å². The highest BCUT2D eigenvalue weighted by Crippen LogP contribution is 2.29. The molecule has 1 aliphatic rings. The molecule has 2 aromatic carbocycles. The lowest BCUT2D eigenvalue weighted by Gasteiger charge is -2.17. The van der Waals surface area contributed by atoms with Crippen LogP contribution in [0, 0.1) is 0 Å². The fraction of sp³-hybridized carbons (Fsp3) is 0.318. The molecule has 0 radical (unpaired) electrons. The first-order valence-corrected chi connectivity index (χ1v) is 9.25. The fourth-order valence-corrected chi connectivity index (χ4v) is 3.43. The van der Waals surface area contributed by atoms with Crippen molar-refractivity contribution >= 4 is 10.8 Å². The lowest BCUT2D eigenvalue weighted by atomic mass is 10.0.